The standard InChI is InChI=1S/C13H16BrF/c1-8-6-9(4-5-11(8)15)12(14)10-7-13(10,2)3/h4-6,10,12H,7H2,1-3H3. The van der Waals surface area contributed by atoms with Crippen LogP contribution < -0.4 is 0 Å². The van der Waals surface area contributed by atoms with Gasteiger partial charge in [0.15, 0.2) is 0 Å². The second-order valence-corrected chi connectivity index (χ2v) is 6.20. The van der Waals surface area contributed by atoms with Gasteiger partial charge < -0.3 is 0 Å². The maximum absolute atomic E-state index is 13.1. The molecular weight excluding hydrogens is 255 g/mol. The Labute approximate surface area is 99.0 Å². The Hall–Kier alpha value is -0.370. The van der Waals surface area contributed by atoms with Crippen molar-refractivity contribution in [2.45, 2.75) is 32.0 Å². The van der Waals surface area contributed by atoms with Gasteiger partial charge in [0.25, 0.3) is 0 Å². The summed E-state index contributed by atoms with van der Waals surface area (Å²) in [5, 5.41) is 0. The average molecular weight is 271 g/mol. The van der Waals surface area contributed by atoms with Crippen LogP contribution >= 0.6 is 15.9 Å². The zero-order chi connectivity index (χ0) is 11.2. The largest absolute Gasteiger partial charge is 0.207 e. The zero-order valence-corrected chi connectivity index (χ0v) is 10.9. The minimum Gasteiger partial charge on any atom is -0.207 e. The molecule has 82 valence electrons. The SMILES string of the molecule is Cc1cc(C(Br)C2CC2(C)C)ccc1F. The Bertz CT molecular complexity index is 384. The molecule has 0 aliphatic heterocycles. The van der Waals surface area contributed by atoms with Crippen LogP contribution in [0.4, 0.5) is 4.39 Å². The van der Waals surface area contributed by atoms with Crippen LogP contribution in [0.3, 0.4) is 0 Å². The van der Waals surface area contributed by atoms with E-state index < -0.39 is 0 Å². The lowest BCUT2D eigenvalue weighted by Crippen LogP contribution is -1.99. The molecule has 0 nitrogen and oxygen atoms in total. The first-order chi connectivity index (χ1) is 6.92. The molecule has 1 aliphatic rings. The monoisotopic (exact) mass is 270 g/mol. The fourth-order valence-electron chi connectivity index (χ4n) is 2.08. The minimum atomic E-state index is -0.117. The topological polar surface area (TPSA) is 0 Å². The fourth-order valence-corrected chi connectivity index (χ4v) is 3.27. The molecule has 0 heterocycles. The Morgan fingerprint density at radius 1 is 1.47 bits per heavy atom. The summed E-state index contributed by atoms with van der Waals surface area (Å²) in [5.74, 6) is 0.566. The van der Waals surface area contributed by atoms with Crippen molar-refractivity contribution in [1.82, 2.24) is 0 Å². The van der Waals surface area contributed by atoms with E-state index in [-0.39, 0.29) is 5.82 Å². The van der Waals surface area contributed by atoms with Gasteiger partial charge in [-0.15, -0.1) is 0 Å². The Morgan fingerprint density at radius 2 is 2.07 bits per heavy atom. The molecule has 15 heavy (non-hydrogen) atoms. The highest BCUT2D eigenvalue weighted by molar-refractivity contribution is 9.09. The molecule has 0 aromatic heterocycles. The quantitative estimate of drug-likeness (QED) is 0.689. The summed E-state index contributed by atoms with van der Waals surface area (Å²) < 4.78 is 13.1. The van der Waals surface area contributed by atoms with E-state index in [1.54, 1.807) is 6.07 Å². The van der Waals surface area contributed by atoms with Crippen molar-refractivity contribution in [2.24, 2.45) is 11.3 Å². The molecule has 1 aliphatic carbocycles. The van der Waals surface area contributed by atoms with E-state index in [2.05, 4.69) is 29.8 Å². The third-order valence-electron chi connectivity index (χ3n) is 3.44. The van der Waals surface area contributed by atoms with E-state index >= 15 is 0 Å². The fraction of sp³-hybridized carbons (Fsp3) is 0.538. The molecule has 0 radical (unpaired) electrons. The highest BCUT2D eigenvalue weighted by Gasteiger charge is 2.49. The highest BCUT2D eigenvalue weighted by atomic mass is 79.9. The molecule has 1 aromatic carbocycles. The van der Waals surface area contributed by atoms with Crippen LogP contribution in [0, 0.1) is 24.1 Å². The number of rotatable bonds is 2. The van der Waals surface area contributed by atoms with E-state index in [9.17, 15) is 4.39 Å². The van der Waals surface area contributed by atoms with Crippen LogP contribution in [0.25, 0.3) is 0 Å². The van der Waals surface area contributed by atoms with E-state index in [1.165, 1.54) is 12.0 Å². The van der Waals surface area contributed by atoms with Gasteiger partial charge in [-0.1, -0.05) is 41.9 Å². The van der Waals surface area contributed by atoms with Gasteiger partial charge in [-0.2, -0.15) is 0 Å². The zero-order valence-electron chi connectivity index (χ0n) is 9.35. The van der Waals surface area contributed by atoms with E-state index in [0.717, 1.165) is 5.56 Å². The van der Waals surface area contributed by atoms with Crippen LogP contribution in [0.15, 0.2) is 18.2 Å². The summed E-state index contributed by atoms with van der Waals surface area (Å²) >= 11 is 3.72. The number of halogens is 2. The van der Waals surface area contributed by atoms with Crippen molar-refractivity contribution in [2.75, 3.05) is 0 Å². The van der Waals surface area contributed by atoms with E-state index in [4.69, 9.17) is 0 Å². The Kier molecular flexibility index (Phi) is 2.66. The highest BCUT2D eigenvalue weighted by Crippen LogP contribution is 2.60. The molecule has 0 bridgehead atoms. The first-order valence-corrected chi connectivity index (χ1v) is 6.23. The molecular formula is C13H16BrF. The molecule has 2 unspecified atom stereocenters. The van der Waals surface area contributed by atoms with Crippen molar-refractivity contribution >= 4 is 15.9 Å². The van der Waals surface area contributed by atoms with Crippen molar-refractivity contribution < 1.29 is 4.39 Å². The van der Waals surface area contributed by atoms with Crippen LogP contribution in [-0.4, -0.2) is 0 Å². The van der Waals surface area contributed by atoms with Crippen LogP contribution in [0.5, 0.6) is 0 Å². The summed E-state index contributed by atoms with van der Waals surface area (Å²) in [6.07, 6.45) is 1.25. The smallest absolute Gasteiger partial charge is 0.126 e. The van der Waals surface area contributed by atoms with E-state index in [0.29, 0.717) is 16.2 Å². The van der Waals surface area contributed by atoms with Gasteiger partial charge in [0, 0.05) is 4.83 Å². The molecule has 0 amide bonds. The Morgan fingerprint density at radius 3 is 2.53 bits per heavy atom. The molecule has 1 saturated carbocycles. The van der Waals surface area contributed by atoms with Gasteiger partial charge in [0.1, 0.15) is 5.82 Å². The number of hydrogen-bond donors (Lipinski definition) is 0. The van der Waals surface area contributed by atoms with Crippen molar-refractivity contribution in [3.63, 3.8) is 0 Å². The summed E-state index contributed by atoms with van der Waals surface area (Å²) in [5.41, 5.74) is 2.37. The first kappa shape index (κ1) is 11.1. The third-order valence-corrected chi connectivity index (χ3v) is 4.61. The number of alkyl halides is 1. The minimum absolute atomic E-state index is 0.117. The Balaban J connectivity index is 2.20. The maximum atomic E-state index is 13.1. The molecule has 1 fully saturated rings. The van der Waals surface area contributed by atoms with Gasteiger partial charge in [0.05, 0.1) is 0 Å². The van der Waals surface area contributed by atoms with Crippen LogP contribution in [0.2, 0.25) is 0 Å². The summed E-state index contributed by atoms with van der Waals surface area (Å²) in [7, 11) is 0. The molecule has 1 aromatic rings. The number of aryl methyl sites for hydroxylation is 1. The normalized spacial score (nSPS) is 25.0. The van der Waals surface area contributed by atoms with Crippen LogP contribution in [-0.2, 0) is 0 Å². The van der Waals surface area contributed by atoms with Crippen molar-refractivity contribution in [3.05, 3.63) is 35.1 Å². The lowest BCUT2D eigenvalue weighted by molar-refractivity contribution is 0.554. The lowest BCUT2D eigenvalue weighted by Gasteiger charge is -2.13. The average Bonchev–Trinajstić information content (AvgIpc) is 2.79. The number of hydrogen-bond acceptors (Lipinski definition) is 0. The van der Waals surface area contributed by atoms with E-state index in [1.807, 2.05) is 19.1 Å². The second-order valence-electron chi connectivity index (χ2n) is 5.21. The molecule has 0 saturated heterocycles. The third kappa shape index (κ3) is 2.10. The molecule has 2 heteroatoms. The molecule has 2 atom stereocenters. The van der Waals surface area contributed by atoms with Crippen LogP contribution in [0.1, 0.15) is 36.2 Å². The van der Waals surface area contributed by atoms with Gasteiger partial charge in [-0.05, 0) is 41.9 Å². The van der Waals surface area contributed by atoms with Crippen molar-refractivity contribution in [3.8, 4) is 0 Å². The molecule has 0 N–H and O–H groups in total. The summed E-state index contributed by atoms with van der Waals surface area (Å²) in [6.45, 7) is 6.38. The van der Waals surface area contributed by atoms with Gasteiger partial charge in [0.2, 0.25) is 0 Å². The van der Waals surface area contributed by atoms with Crippen molar-refractivity contribution in [1.29, 1.82) is 0 Å². The molecule has 0 spiro atoms. The lowest BCUT2D eigenvalue weighted by atomic mass is 10.0. The first-order valence-electron chi connectivity index (χ1n) is 5.32. The predicted molar refractivity (Wildman–Crippen MR) is 64.7 cm³/mol. The summed E-state index contributed by atoms with van der Waals surface area (Å²) in [4.78, 5) is 0.367. The summed E-state index contributed by atoms with van der Waals surface area (Å²) in [6, 6.07) is 5.40. The number of benzene rings is 1. The predicted octanol–water partition coefficient (Wildman–Crippen LogP) is 4.62. The van der Waals surface area contributed by atoms with Gasteiger partial charge in [-0.3, -0.25) is 0 Å². The second kappa shape index (κ2) is 3.58. The van der Waals surface area contributed by atoms with Gasteiger partial charge in [-0.25, -0.2) is 4.39 Å². The maximum Gasteiger partial charge on any atom is 0.126 e. The molecule has 2 rings (SSSR count). The van der Waals surface area contributed by atoms with Gasteiger partial charge >= 0.3 is 0 Å².